The Hall–Kier alpha value is -3.72. The largest absolute Gasteiger partial charge is 0.494 e. The number of carbonyl (C=O) groups excluding carboxylic acids is 1. The van der Waals surface area contributed by atoms with E-state index >= 15 is 0 Å². The minimum atomic E-state index is -4.15. The molecule has 9 heteroatoms. The van der Waals surface area contributed by atoms with Gasteiger partial charge in [-0.2, -0.15) is 0 Å². The number of aryl methyl sites for hydroxylation is 1. The molecule has 37 heavy (non-hydrogen) atoms. The van der Waals surface area contributed by atoms with Crippen molar-refractivity contribution in [3.05, 3.63) is 77.9 Å². The van der Waals surface area contributed by atoms with Gasteiger partial charge in [-0.05, 0) is 62.2 Å². The second kappa shape index (κ2) is 12.5. The molecule has 1 atom stereocenters. The van der Waals surface area contributed by atoms with Gasteiger partial charge in [-0.3, -0.25) is 9.10 Å². The molecule has 0 aliphatic heterocycles. The number of methoxy groups -OCH3 is 2. The molecule has 0 aromatic heterocycles. The molecule has 0 fully saturated rings. The summed E-state index contributed by atoms with van der Waals surface area (Å²) in [5, 5.41) is 2.98. The molecule has 198 valence electrons. The van der Waals surface area contributed by atoms with Crippen LogP contribution in [-0.2, 0) is 14.8 Å². The van der Waals surface area contributed by atoms with Gasteiger partial charge in [0, 0.05) is 6.07 Å². The third-order valence-electron chi connectivity index (χ3n) is 5.89. The summed E-state index contributed by atoms with van der Waals surface area (Å²) in [5.74, 6) is 0.843. The fourth-order valence-corrected chi connectivity index (χ4v) is 5.32. The molecule has 0 aliphatic carbocycles. The summed E-state index contributed by atoms with van der Waals surface area (Å²) in [6, 6.07) is 18.6. The fraction of sp³-hybridized carbons (Fsp3) is 0.321. The minimum absolute atomic E-state index is 0.0302. The summed E-state index contributed by atoms with van der Waals surface area (Å²) < 4.78 is 44.8. The van der Waals surface area contributed by atoms with Gasteiger partial charge in [0.05, 0.1) is 37.5 Å². The highest BCUT2D eigenvalue weighted by Crippen LogP contribution is 2.32. The van der Waals surface area contributed by atoms with Gasteiger partial charge < -0.3 is 19.5 Å². The highest BCUT2D eigenvalue weighted by Gasteiger charge is 2.29. The molecule has 0 saturated carbocycles. The van der Waals surface area contributed by atoms with E-state index in [0.717, 1.165) is 15.4 Å². The maximum absolute atomic E-state index is 13.8. The van der Waals surface area contributed by atoms with E-state index in [2.05, 4.69) is 5.32 Å². The second-order valence-electron chi connectivity index (χ2n) is 8.39. The number of rotatable bonds is 12. The maximum Gasteiger partial charge on any atom is 0.264 e. The number of hydrogen-bond acceptors (Lipinski definition) is 6. The fourth-order valence-electron chi connectivity index (χ4n) is 3.88. The first-order valence-corrected chi connectivity index (χ1v) is 13.5. The zero-order valence-corrected chi connectivity index (χ0v) is 22.7. The number of anilines is 1. The molecule has 0 bridgehead atoms. The van der Waals surface area contributed by atoms with Crippen LogP contribution < -0.4 is 23.8 Å². The van der Waals surface area contributed by atoms with E-state index < -0.39 is 22.5 Å². The third-order valence-corrected chi connectivity index (χ3v) is 7.66. The predicted molar refractivity (Wildman–Crippen MR) is 144 cm³/mol. The lowest BCUT2D eigenvalue weighted by Crippen LogP contribution is -2.42. The molecule has 0 saturated heterocycles. The Kier molecular flexibility index (Phi) is 9.41. The molecule has 0 spiro atoms. The van der Waals surface area contributed by atoms with Crippen LogP contribution in [0.25, 0.3) is 0 Å². The van der Waals surface area contributed by atoms with Crippen molar-refractivity contribution in [2.75, 3.05) is 31.7 Å². The third kappa shape index (κ3) is 6.74. The van der Waals surface area contributed by atoms with E-state index in [4.69, 9.17) is 14.2 Å². The van der Waals surface area contributed by atoms with Crippen molar-refractivity contribution in [3.63, 3.8) is 0 Å². The van der Waals surface area contributed by atoms with Crippen LogP contribution >= 0.6 is 0 Å². The van der Waals surface area contributed by atoms with E-state index in [-0.39, 0.29) is 16.7 Å². The molecule has 8 nitrogen and oxygen atoms in total. The molecule has 3 rings (SSSR count). The van der Waals surface area contributed by atoms with Crippen LogP contribution in [0.2, 0.25) is 0 Å². The number of amides is 1. The Morgan fingerprint density at radius 2 is 1.57 bits per heavy atom. The van der Waals surface area contributed by atoms with Gasteiger partial charge in [-0.15, -0.1) is 0 Å². The molecule has 3 aromatic carbocycles. The molecule has 0 radical (unpaired) electrons. The van der Waals surface area contributed by atoms with Gasteiger partial charge in [0.15, 0.2) is 11.5 Å². The SMILES string of the molecule is CCOc1ccc(N(CC(=O)N[C@@H](CC)c2ccc(C)cc2)S(=O)(=O)c2ccc(OC)c(OC)c2)cc1. The standard InChI is InChI=1S/C28H34N2O6S/c1-6-25(21-10-8-20(3)9-11-21)29-28(31)19-30(22-12-14-23(15-13-22)36-7-2)37(32,33)24-16-17-26(34-4)27(18-24)35-5/h8-18,25H,6-7,19H2,1-5H3,(H,29,31)/t25-/m0/s1. The van der Waals surface area contributed by atoms with E-state index in [9.17, 15) is 13.2 Å². The quantitative estimate of drug-likeness (QED) is 0.362. The number of benzene rings is 3. The van der Waals surface area contributed by atoms with Crippen molar-refractivity contribution < 1.29 is 27.4 Å². The van der Waals surface area contributed by atoms with Crippen LogP contribution in [-0.4, -0.2) is 41.7 Å². The second-order valence-corrected chi connectivity index (χ2v) is 10.3. The smallest absolute Gasteiger partial charge is 0.264 e. The molecule has 0 aliphatic rings. The van der Waals surface area contributed by atoms with E-state index in [1.54, 1.807) is 24.3 Å². The van der Waals surface area contributed by atoms with Gasteiger partial charge in [0.1, 0.15) is 12.3 Å². The van der Waals surface area contributed by atoms with Crippen molar-refractivity contribution in [2.45, 2.75) is 38.1 Å². The lowest BCUT2D eigenvalue weighted by Gasteiger charge is -2.26. The molecular weight excluding hydrogens is 492 g/mol. The molecule has 1 amide bonds. The van der Waals surface area contributed by atoms with Crippen LogP contribution in [0.1, 0.15) is 37.4 Å². The van der Waals surface area contributed by atoms with Gasteiger partial charge >= 0.3 is 0 Å². The predicted octanol–water partition coefficient (Wildman–Crippen LogP) is 4.87. The van der Waals surface area contributed by atoms with E-state index in [1.165, 1.54) is 32.4 Å². The average Bonchev–Trinajstić information content (AvgIpc) is 2.91. The van der Waals surface area contributed by atoms with Gasteiger partial charge in [-0.1, -0.05) is 36.8 Å². The van der Waals surface area contributed by atoms with Gasteiger partial charge in [-0.25, -0.2) is 8.42 Å². The Bertz CT molecular complexity index is 1290. The first-order chi connectivity index (χ1) is 17.7. The van der Waals surface area contributed by atoms with Crippen molar-refractivity contribution in [1.82, 2.24) is 5.32 Å². The summed E-state index contributed by atoms with van der Waals surface area (Å²) >= 11 is 0. The number of nitrogens with zero attached hydrogens (tertiary/aromatic N) is 1. The average molecular weight is 527 g/mol. The summed E-state index contributed by atoms with van der Waals surface area (Å²) in [6.45, 7) is 5.90. The zero-order chi connectivity index (χ0) is 27.0. The maximum atomic E-state index is 13.8. The Labute approximate surface area is 219 Å². The molecular formula is C28H34N2O6S. The first kappa shape index (κ1) is 27.9. The minimum Gasteiger partial charge on any atom is -0.494 e. The lowest BCUT2D eigenvalue weighted by atomic mass is 10.0. The Morgan fingerprint density at radius 1 is 0.919 bits per heavy atom. The van der Waals surface area contributed by atoms with E-state index in [0.29, 0.717) is 30.2 Å². The van der Waals surface area contributed by atoms with Crippen molar-refractivity contribution >= 4 is 21.6 Å². The number of ether oxygens (including phenoxy) is 3. The van der Waals surface area contributed by atoms with Crippen LogP contribution in [0.5, 0.6) is 17.2 Å². The summed E-state index contributed by atoms with van der Waals surface area (Å²) in [4.78, 5) is 13.2. The summed E-state index contributed by atoms with van der Waals surface area (Å²) in [6.07, 6.45) is 0.653. The number of carbonyl (C=O) groups is 1. The topological polar surface area (TPSA) is 94.2 Å². The summed E-state index contributed by atoms with van der Waals surface area (Å²) in [7, 11) is -1.24. The highest BCUT2D eigenvalue weighted by atomic mass is 32.2. The molecule has 0 heterocycles. The Morgan fingerprint density at radius 3 is 2.14 bits per heavy atom. The lowest BCUT2D eigenvalue weighted by molar-refractivity contribution is -0.120. The van der Waals surface area contributed by atoms with Crippen molar-refractivity contribution in [3.8, 4) is 17.2 Å². The zero-order valence-electron chi connectivity index (χ0n) is 21.9. The van der Waals surface area contributed by atoms with Crippen LogP contribution in [0.3, 0.4) is 0 Å². The van der Waals surface area contributed by atoms with Gasteiger partial charge in [0.25, 0.3) is 10.0 Å². The van der Waals surface area contributed by atoms with Crippen LogP contribution in [0.4, 0.5) is 5.69 Å². The monoisotopic (exact) mass is 526 g/mol. The first-order valence-electron chi connectivity index (χ1n) is 12.1. The van der Waals surface area contributed by atoms with E-state index in [1.807, 2.05) is 45.0 Å². The highest BCUT2D eigenvalue weighted by molar-refractivity contribution is 7.92. The Balaban J connectivity index is 1.96. The molecule has 3 aromatic rings. The van der Waals surface area contributed by atoms with Crippen LogP contribution in [0.15, 0.2) is 71.6 Å². The van der Waals surface area contributed by atoms with Gasteiger partial charge in [0.2, 0.25) is 5.91 Å². The number of sulfonamides is 1. The molecule has 0 unspecified atom stereocenters. The number of nitrogens with one attached hydrogen (secondary N) is 1. The molecule has 1 N–H and O–H groups in total. The van der Waals surface area contributed by atoms with Crippen LogP contribution in [0, 0.1) is 6.92 Å². The normalized spacial score (nSPS) is 11.9. The number of hydrogen-bond donors (Lipinski definition) is 1. The van der Waals surface area contributed by atoms with Crippen molar-refractivity contribution in [2.24, 2.45) is 0 Å². The van der Waals surface area contributed by atoms with Crippen molar-refractivity contribution in [1.29, 1.82) is 0 Å². The summed E-state index contributed by atoms with van der Waals surface area (Å²) in [5.41, 5.74) is 2.40.